The molecule has 2 aromatic carbocycles. The molecule has 0 unspecified atom stereocenters. The molecular formula is C18H23NO2. The highest BCUT2D eigenvalue weighted by atomic mass is 16.5. The second kappa shape index (κ2) is 8.45. The SMILES string of the molecule is CCCNCc1ccccc1Oc1ccccc1CCO. The number of benzene rings is 2. The number of aliphatic hydroxyl groups is 1. The fourth-order valence-electron chi connectivity index (χ4n) is 2.20. The predicted molar refractivity (Wildman–Crippen MR) is 85.7 cm³/mol. The van der Waals surface area contributed by atoms with Crippen LogP contribution in [0.4, 0.5) is 0 Å². The first-order valence-electron chi connectivity index (χ1n) is 7.50. The summed E-state index contributed by atoms with van der Waals surface area (Å²) >= 11 is 0. The third kappa shape index (κ3) is 4.59. The first-order chi connectivity index (χ1) is 10.3. The zero-order chi connectivity index (χ0) is 14.9. The molecule has 2 N–H and O–H groups in total. The Labute approximate surface area is 126 Å². The van der Waals surface area contributed by atoms with E-state index in [2.05, 4.69) is 18.3 Å². The summed E-state index contributed by atoms with van der Waals surface area (Å²) in [5, 5.41) is 12.5. The van der Waals surface area contributed by atoms with Crippen LogP contribution in [0.3, 0.4) is 0 Å². The number of hydrogen-bond donors (Lipinski definition) is 2. The maximum atomic E-state index is 9.14. The molecule has 0 saturated carbocycles. The van der Waals surface area contributed by atoms with Gasteiger partial charge in [-0.1, -0.05) is 43.3 Å². The van der Waals surface area contributed by atoms with Crippen molar-refractivity contribution in [2.45, 2.75) is 26.3 Å². The van der Waals surface area contributed by atoms with E-state index in [1.165, 1.54) is 0 Å². The van der Waals surface area contributed by atoms with Crippen LogP contribution in [-0.2, 0) is 13.0 Å². The van der Waals surface area contributed by atoms with Gasteiger partial charge < -0.3 is 15.2 Å². The first-order valence-corrected chi connectivity index (χ1v) is 7.50. The van der Waals surface area contributed by atoms with Gasteiger partial charge in [-0.25, -0.2) is 0 Å². The molecular weight excluding hydrogens is 262 g/mol. The van der Waals surface area contributed by atoms with Gasteiger partial charge in [0.2, 0.25) is 0 Å². The van der Waals surface area contributed by atoms with Gasteiger partial charge in [0.25, 0.3) is 0 Å². The number of aliphatic hydroxyl groups excluding tert-OH is 1. The molecule has 0 saturated heterocycles. The van der Waals surface area contributed by atoms with Crippen LogP contribution >= 0.6 is 0 Å². The molecule has 0 aliphatic rings. The number of para-hydroxylation sites is 2. The lowest BCUT2D eigenvalue weighted by Gasteiger charge is -2.14. The van der Waals surface area contributed by atoms with Crippen LogP contribution in [0.1, 0.15) is 24.5 Å². The van der Waals surface area contributed by atoms with Crippen molar-refractivity contribution >= 4 is 0 Å². The van der Waals surface area contributed by atoms with Crippen LogP contribution in [-0.4, -0.2) is 18.3 Å². The van der Waals surface area contributed by atoms with E-state index in [-0.39, 0.29) is 6.61 Å². The number of ether oxygens (including phenoxy) is 1. The van der Waals surface area contributed by atoms with E-state index in [1.807, 2.05) is 42.5 Å². The molecule has 0 heterocycles. The lowest BCUT2D eigenvalue weighted by molar-refractivity contribution is 0.298. The Bertz CT molecular complexity index is 554. The smallest absolute Gasteiger partial charge is 0.131 e. The van der Waals surface area contributed by atoms with Gasteiger partial charge in [0, 0.05) is 18.7 Å². The van der Waals surface area contributed by atoms with Crippen molar-refractivity contribution in [3.63, 3.8) is 0 Å². The Morgan fingerprint density at radius 2 is 1.57 bits per heavy atom. The highest BCUT2D eigenvalue weighted by Gasteiger charge is 2.07. The molecule has 21 heavy (non-hydrogen) atoms. The van der Waals surface area contributed by atoms with E-state index in [4.69, 9.17) is 9.84 Å². The van der Waals surface area contributed by atoms with Gasteiger partial charge in [0.05, 0.1) is 0 Å². The summed E-state index contributed by atoms with van der Waals surface area (Å²) in [4.78, 5) is 0. The molecule has 0 radical (unpaired) electrons. The monoisotopic (exact) mass is 285 g/mol. The molecule has 3 heteroatoms. The summed E-state index contributed by atoms with van der Waals surface area (Å²) in [7, 11) is 0. The second-order valence-electron chi connectivity index (χ2n) is 4.97. The predicted octanol–water partition coefficient (Wildman–Crippen LogP) is 3.51. The van der Waals surface area contributed by atoms with E-state index in [9.17, 15) is 0 Å². The average Bonchev–Trinajstić information content (AvgIpc) is 2.51. The molecule has 0 aliphatic heterocycles. The zero-order valence-corrected chi connectivity index (χ0v) is 12.5. The van der Waals surface area contributed by atoms with Gasteiger partial charge in [-0.2, -0.15) is 0 Å². The van der Waals surface area contributed by atoms with E-state index in [1.54, 1.807) is 0 Å². The summed E-state index contributed by atoms with van der Waals surface area (Å²) in [6.07, 6.45) is 1.72. The summed E-state index contributed by atoms with van der Waals surface area (Å²) in [6, 6.07) is 15.9. The molecule has 0 fully saturated rings. The fraction of sp³-hybridized carbons (Fsp3) is 0.333. The van der Waals surface area contributed by atoms with Gasteiger partial charge in [-0.05, 0) is 37.1 Å². The van der Waals surface area contributed by atoms with Gasteiger partial charge in [-0.15, -0.1) is 0 Å². The van der Waals surface area contributed by atoms with Crippen molar-refractivity contribution in [3.05, 3.63) is 59.7 Å². The van der Waals surface area contributed by atoms with Crippen LogP contribution in [0.15, 0.2) is 48.5 Å². The Hall–Kier alpha value is -1.84. The molecule has 112 valence electrons. The lowest BCUT2D eigenvalue weighted by atomic mass is 10.1. The lowest BCUT2D eigenvalue weighted by Crippen LogP contribution is -2.14. The Kier molecular flexibility index (Phi) is 6.25. The van der Waals surface area contributed by atoms with Crippen molar-refractivity contribution in [1.29, 1.82) is 0 Å². The number of hydrogen-bond acceptors (Lipinski definition) is 3. The van der Waals surface area contributed by atoms with Gasteiger partial charge in [0.15, 0.2) is 0 Å². The summed E-state index contributed by atoms with van der Waals surface area (Å²) in [5.41, 5.74) is 2.17. The van der Waals surface area contributed by atoms with Crippen molar-refractivity contribution in [2.75, 3.05) is 13.2 Å². The Morgan fingerprint density at radius 1 is 0.952 bits per heavy atom. The van der Waals surface area contributed by atoms with E-state index in [0.29, 0.717) is 6.42 Å². The largest absolute Gasteiger partial charge is 0.457 e. The molecule has 0 aliphatic carbocycles. The standard InChI is InChI=1S/C18H23NO2/c1-2-12-19-14-16-8-4-6-10-18(16)21-17-9-5-3-7-15(17)11-13-20/h3-10,19-20H,2,11-14H2,1H3. The summed E-state index contributed by atoms with van der Waals surface area (Å²) < 4.78 is 6.07. The Morgan fingerprint density at radius 3 is 2.24 bits per heavy atom. The third-order valence-corrected chi connectivity index (χ3v) is 3.29. The molecule has 2 aromatic rings. The highest BCUT2D eigenvalue weighted by molar-refractivity contribution is 5.41. The topological polar surface area (TPSA) is 41.5 Å². The normalized spacial score (nSPS) is 10.6. The van der Waals surface area contributed by atoms with Gasteiger partial charge in [0.1, 0.15) is 11.5 Å². The number of nitrogens with one attached hydrogen (secondary N) is 1. The highest BCUT2D eigenvalue weighted by Crippen LogP contribution is 2.28. The molecule has 0 aromatic heterocycles. The minimum atomic E-state index is 0.125. The average molecular weight is 285 g/mol. The van der Waals surface area contributed by atoms with Crippen molar-refractivity contribution in [2.24, 2.45) is 0 Å². The van der Waals surface area contributed by atoms with Crippen LogP contribution < -0.4 is 10.1 Å². The summed E-state index contributed by atoms with van der Waals surface area (Å²) in [5.74, 6) is 1.68. The van der Waals surface area contributed by atoms with Gasteiger partial charge in [-0.3, -0.25) is 0 Å². The van der Waals surface area contributed by atoms with E-state index >= 15 is 0 Å². The second-order valence-corrected chi connectivity index (χ2v) is 4.97. The van der Waals surface area contributed by atoms with Crippen molar-refractivity contribution < 1.29 is 9.84 Å². The number of rotatable bonds is 8. The van der Waals surface area contributed by atoms with Crippen LogP contribution in [0.5, 0.6) is 11.5 Å². The maximum absolute atomic E-state index is 9.14. The zero-order valence-electron chi connectivity index (χ0n) is 12.5. The molecule has 0 atom stereocenters. The quantitative estimate of drug-likeness (QED) is 0.729. The van der Waals surface area contributed by atoms with Crippen molar-refractivity contribution in [1.82, 2.24) is 5.32 Å². The molecule has 2 rings (SSSR count). The van der Waals surface area contributed by atoms with E-state index < -0.39 is 0 Å². The summed E-state index contributed by atoms with van der Waals surface area (Å²) in [6.45, 7) is 4.07. The fourth-order valence-corrected chi connectivity index (χ4v) is 2.20. The van der Waals surface area contributed by atoms with Crippen LogP contribution in [0.2, 0.25) is 0 Å². The third-order valence-electron chi connectivity index (χ3n) is 3.29. The van der Waals surface area contributed by atoms with Crippen LogP contribution in [0, 0.1) is 0 Å². The van der Waals surface area contributed by atoms with Crippen LogP contribution in [0.25, 0.3) is 0 Å². The minimum Gasteiger partial charge on any atom is -0.457 e. The Balaban J connectivity index is 2.15. The minimum absolute atomic E-state index is 0.125. The molecule has 0 amide bonds. The van der Waals surface area contributed by atoms with Gasteiger partial charge >= 0.3 is 0 Å². The maximum Gasteiger partial charge on any atom is 0.131 e. The first kappa shape index (κ1) is 15.5. The molecule has 3 nitrogen and oxygen atoms in total. The van der Waals surface area contributed by atoms with Crippen molar-refractivity contribution in [3.8, 4) is 11.5 Å². The van der Waals surface area contributed by atoms with E-state index in [0.717, 1.165) is 42.1 Å². The molecule has 0 bridgehead atoms. The molecule has 0 spiro atoms.